The van der Waals surface area contributed by atoms with Gasteiger partial charge in [-0.2, -0.15) is 0 Å². The van der Waals surface area contributed by atoms with E-state index < -0.39 is 47.9 Å². The third kappa shape index (κ3) is 7.94. The van der Waals surface area contributed by atoms with Gasteiger partial charge in [0.25, 0.3) is 0 Å². The maximum Gasteiger partial charge on any atom is 0.326 e. The van der Waals surface area contributed by atoms with Crippen molar-refractivity contribution in [3.63, 3.8) is 0 Å². The van der Waals surface area contributed by atoms with Crippen LogP contribution in [0.15, 0.2) is 0 Å². The highest BCUT2D eigenvalue weighted by Crippen LogP contribution is 2.10. The second-order valence-corrected chi connectivity index (χ2v) is 7.10. The summed E-state index contributed by atoms with van der Waals surface area (Å²) in [6.07, 6.45) is 1.21. The third-order valence-corrected chi connectivity index (χ3v) is 4.74. The zero-order chi connectivity index (χ0) is 21.3. The molecule has 9 heteroatoms. The number of aliphatic carboxylic acids is 1. The first kappa shape index (κ1) is 24.8. The van der Waals surface area contributed by atoms with Crippen LogP contribution in [0.2, 0.25) is 0 Å². The summed E-state index contributed by atoms with van der Waals surface area (Å²) in [4.78, 5) is 48.1. The molecule has 0 saturated heterocycles. The zero-order valence-corrected chi connectivity index (χ0v) is 17.0. The van der Waals surface area contributed by atoms with Gasteiger partial charge in [-0.1, -0.05) is 40.5 Å². The van der Waals surface area contributed by atoms with Crippen molar-refractivity contribution in [3.8, 4) is 0 Å². The monoisotopic (exact) mass is 386 g/mol. The first-order chi connectivity index (χ1) is 12.5. The highest BCUT2D eigenvalue weighted by atomic mass is 16.4. The summed E-state index contributed by atoms with van der Waals surface area (Å²) in [6, 6.07) is -3.60. The van der Waals surface area contributed by atoms with Crippen molar-refractivity contribution in [1.29, 1.82) is 0 Å². The van der Waals surface area contributed by atoms with E-state index >= 15 is 0 Å². The lowest BCUT2D eigenvalue weighted by Gasteiger charge is -2.27. The second-order valence-electron chi connectivity index (χ2n) is 7.10. The van der Waals surface area contributed by atoms with Crippen LogP contribution in [0.25, 0.3) is 0 Å². The molecule has 0 bridgehead atoms. The van der Waals surface area contributed by atoms with Crippen molar-refractivity contribution in [3.05, 3.63) is 0 Å². The molecule has 9 nitrogen and oxygen atoms in total. The molecule has 27 heavy (non-hydrogen) atoms. The molecule has 0 saturated carbocycles. The Labute approximate surface area is 160 Å². The number of carboxylic acids is 1. The quantitative estimate of drug-likeness (QED) is 0.337. The predicted molar refractivity (Wildman–Crippen MR) is 102 cm³/mol. The molecule has 0 aromatic carbocycles. The summed E-state index contributed by atoms with van der Waals surface area (Å²) in [5, 5.41) is 16.9. The van der Waals surface area contributed by atoms with E-state index in [4.69, 9.17) is 5.73 Å². The molecule has 0 radical (unpaired) electrons. The molecule has 156 valence electrons. The van der Waals surface area contributed by atoms with Gasteiger partial charge >= 0.3 is 5.97 Å². The Morgan fingerprint density at radius 2 is 1.22 bits per heavy atom. The van der Waals surface area contributed by atoms with Crippen LogP contribution in [0, 0.1) is 11.8 Å². The zero-order valence-electron chi connectivity index (χ0n) is 17.0. The van der Waals surface area contributed by atoms with Gasteiger partial charge in [0.05, 0.1) is 6.04 Å². The normalized spacial score (nSPS) is 17.6. The van der Waals surface area contributed by atoms with E-state index in [0.29, 0.717) is 12.8 Å². The maximum absolute atomic E-state index is 12.6. The van der Waals surface area contributed by atoms with Crippen molar-refractivity contribution < 1.29 is 24.3 Å². The van der Waals surface area contributed by atoms with E-state index in [1.165, 1.54) is 13.8 Å². The lowest BCUT2D eigenvalue weighted by Crippen LogP contribution is -2.58. The van der Waals surface area contributed by atoms with Crippen LogP contribution in [0.3, 0.4) is 0 Å². The Balaban J connectivity index is 5.07. The van der Waals surface area contributed by atoms with Gasteiger partial charge in [0, 0.05) is 0 Å². The van der Waals surface area contributed by atoms with Gasteiger partial charge in [-0.15, -0.1) is 0 Å². The van der Waals surface area contributed by atoms with Gasteiger partial charge in [-0.25, -0.2) is 4.79 Å². The Bertz CT molecular complexity index is 538. The average Bonchev–Trinajstić information content (AvgIpc) is 2.61. The number of amides is 3. The van der Waals surface area contributed by atoms with Crippen LogP contribution in [0.5, 0.6) is 0 Å². The van der Waals surface area contributed by atoms with E-state index in [1.54, 1.807) is 13.8 Å². The lowest BCUT2D eigenvalue weighted by atomic mass is 9.97. The van der Waals surface area contributed by atoms with Gasteiger partial charge in [0.15, 0.2) is 0 Å². The molecule has 0 heterocycles. The summed E-state index contributed by atoms with van der Waals surface area (Å²) in [5.41, 5.74) is 5.54. The first-order valence-corrected chi connectivity index (χ1v) is 9.35. The van der Waals surface area contributed by atoms with Crippen LogP contribution in [-0.4, -0.2) is 53.0 Å². The minimum atomic E-state index is -1.13. The largest absolute Gasteiger partial charge is 0.480 e. The molecule has 6 N–H and O–H groups in total. The predicted octanol–water partition coefficient (Wildman–Crippen LogP) is -0.0153. The number of hydrogen-bond acceptors (Lipinski definition) is 5. The van der Waals surface area contributed by atoms with Gasteiger partial charge in [0.2, 0.25) is 17.7 Å². The Kier molecular flexibility index (Phi) is 10.6. The Morgan fingerprint density at radius 1 is 0.778 bits per heavy atom. The van der Waals surface area contributed by atoms with Gasteiger partial charge in [-0.3, -0.25) is 14.4 Å². The molecule has 6 unspecified atom stereocenters. The van der Waals surface area contributed by atoms with Crippen molar-refractivity contribution in [2.45, 2.75) is 78.6 Å². The standard InChI is InChI=1S/C18H34N4O5/c1-7-9(3)13(21-15(23)11(5)19)17(25)20-12(6)16(24)22-14(18(26)27)10(4)8-2/h9-14H,7-8,19H2,1-6H3,(H,20,25)(H,21,23)(H,22,24)(H,26,27). The van der Waals surface area contributed by atoms with E-state index in [9.17, 15) is 24.3 Å². The highest BCUT2D eigenvalue weighted by molar-refractivity contribution is 5.94. The van der Waals surface area contributed by atoms with Crippen molar-refractivity contribution in [2.24, 2.45) is 17.6 Å². The number of carboxylic acid groups (broad SMARTS) is 1. The van der Waals surface area contributed by atoms with Crippen LogP contribution in [-0.2, 0) is 19.2 Å². The number of carbonyl (C=O) groups excluding carboxylic acids is 3. The number of carbonyl (C=O) groups is 4. The summed E-state index contributed by atoms with van der Waals surface area (Å²) in [7, 11) is 0. The summed E-state index contributed by atoms with van der Waals surface area (Å²) in [5.74, 6) is -3.13. The molecule has 0 fully saturated rings. The van der Waals surface area contributed by atoms with Gasteiger partial charge < -0.3 is 26.8 Å². The van der Waals surface area contributed by atoms with E-state index in [0.717, 1.165) is 0 Å². The Morgan fingerprint density at radius 3 is 1.63 bits per heavy atom. The highest BCUT2D eigenvalue weighted by Gasteiger charge is 2.31. The van der Waals surface area contributed by atoms with Crippen molar-refractivity contribution >= 4 is 23.7 Å². The SMILES string of the molecule is CCC(C)C(NC(=O)C(C)NC(=O)C(NC(=O)C(C)N)C(C)CC)C(=O)O. The van der Waals surface area contributed by atoms with E-state index in [1.807, 2.05) is 13.8 Å². The molecule has 0 aromatic rings. The molecule has 0 aliphatic rings. The number of hydrogen-bond donors (Lipinski definition) is 5. The average molecular weight is 386 g/mol. The van der Waals surface area contributed by atoms with Crippen LogP contribution in [0.1, 0.15) is 54.4 Å². The minimum absolute atomic E-state index is 0.171. The van der Waals surface area contributed by atoms with E-state index in [-0.39, 0.29) is 11.8 Å². The molecule has 0 aliphatic heterocycles. The molecule has 6 atom stereocenters. The summed E-state index contributed by atoms with van der Waals surface area (Å²) in [6.45, 7) is 10.2. The fourth-order valence-electron chi connectivity index (χ4n) is 2.32. The van der Waals surface area contributed by atoms with Crippen molar-refractivity contribution in [2.75, 3.05) is 0 Å². The van der Waals surface area contributed by atoms with Crippen LogP contribution >= 0.6 is 0 Å². The van der Waals surface area contributed by atoms with Crippen LogP contribution < -0.4 is 21.7 Å². The molecule has 0 spiro atoms. The van der Waals surface area contributed by atoms with Crippen LogP contribution in [0.4, 0.5) is 0 Å². The number of nitrogens with one attached hydrogen (secondary N) is 3. The molecular formula is C18H34N4O5. The number of rotatable bonds is 11. The lowest BCUT2D eigenvalue weighted by molar-refractivity contribution is -0.143. The maximum atomic E-state index is 12.6. The smallest absolute Gasteiger partial charge is 0.326 e. The molecular weight excluding hydrogens is 352 g/mol. The van der Waals surface area contributed by atoms with Gasteiger partial charge in [-0.05, 0) is 25.7 Å². The van der Waals surface area contributed by atoms with Gasteiger partial charge in [0.1, 0.15) is 18.1 Å². The minimum Gasteiger partial charge on any atom is -0.480 e. The summed E-state index contributed by atoms with van der Waals surface area (Å²) >= 11 is 0. The fourth-order valence-corrected chi connectivity index (χ4v) is 2.32. The molecule has 0 aliphatic carbocycles. The molecule has 3 amide bonds. The Hall–Kier alpha value is -2.16. The second kappa shape index (κ2) is 11.5. The first-order valence-electron chi connectivity index (χ1n) is 9.35. The molecule has 0 rings (SSSR count). The third-order valence-electron chi connectivity index (χ3n) is 4.74. The fraction of sp³-hybridized carbons (Fsp3) is 0.778. The number of nitrogens with two attached hydrogens (primary N) is 1. The topological polar surface area (TPSA) is 151 Å². The summed E-state index contributed by atoms with van der Waals surface area (Å²) < 4.78 is 0. The van der Waals surface area contributed by atoms with E-state index in [2.05, 4.69) is 16.0 Å². The molecule has 0 aromatic heterocycles. The van der Waals surface area contributed by atoms with Crippen molar-refractivity contribution in [1.82, 2.24) is 16.0 Å².